The molecule has 2 amide bonds. The van der Waals surface area contributed by atoms with Crippen LogP contribution >= 0.6 is 0 Å². The molecule has 2 atom stereocenters. The third-order valence-electron chi connectivity index (χ3n) is 3.35. The lowest BCUT2D eigenvalue weighted by atomic mass is 10.1. The van der Waals surface area contributed by atoms with Crippen LogP contribution in [0.5, 0.6) is 0 Å². The summed E-state index contributed by atoms with van der Waals surface area (Å²) in [5.74, 6) is -0.296. The van der Waals surface area contributed by atoms with Crippen molar-refractivity contribution in [3.63, 3.8) is 0 Å². The van der Waals surface area contributed by atoms with Gasteiger partial charge in [-0.15, -0.1) is 0 Å². The van der Waals surface area contributed by atoms with E-state index in [-0.39, 0.29) is 12.5 Å². The minimum absolute atomic E-state index is 0.176. The second-order valence-electron chi connectivity index (χ2n) is 6.54. The van der Waals surface area contributed by atoms with Crippen molar-refractivity contribution < 1.29 is 24.2 Å². The molecule has 0 fully saturated rings. The van der Waals surface area contributed by atoms with Crippen LogP contribution in [0.1, 0.15) is 40.0 Å². The van der Waals surface area contributed by atoms with Crippen LogP contribution in [-0.4, -0.2) is 60.0 Å². The van der Waals surface area contributed by atoms with Gasteiger partial charge in [0.15, 0.2) is 0 Å². The summed E-state index contributed by atoms with van der Waals surface area (Å²) in [6.07, 6.45) is 4.61. The maximum absolute atomic E-state index is 12.5. The highest BCUT2D eigenvalue weighted by atomic mass is 16.6. The van der Waals surface area contributed by atoms with Gasteiger partial charge in [-0.2, -0.15) is 0 Å². The van der Waals surface area contributed by atoms with Crippen molar-refractivity contribution in [3.05, 3.63) is 12.3 Å². The van der Waals surface area contributed by atoms with Crippen molar-refractivity contribution in [2.75, 3.05) is 20.3 Å². The van der Waals surface area contributed by atoms with Gasteiger partial charge in [0.2, 0.25) is 5.91 Å². The minimum atomic E-state index is -0.633. The van der Waals surface area contributed by atoms with Crippen LogP contribution in [0.4, 0.5) is 4.79 Å². The molecule has 1 aliphatic heterocycles. The van der Waals surface area contributed by atoms with E-state index in [9.17, 15) is 14.7 Å². The smallest absolute Gasteiger partial charge is 0.415 e. The second-order valence-corrected chi connectivity index (χ2v) is 6.54. The zero-order valence-corrected chi connectivity index (χ0v) is 14.4. The van der Waals surface area contributed by atoms with E-state index in [1.165, 1.54) is 4.90 Å². The number of carbonyl (C=O) groups excluding carboxylic acids is 2. The van der Waals surface area contributed by atoms with Crippen molar-refractivity contribution >= 4 is 12.0 Å². The molecule has 23 heavy (non-hydrogen) atoms. The molecule has 0 aromatic heterocycles. The quantitative estimate of drug-likeness (QED) is 0.770. The molecule has 0 spiro atoms. The Labute approximate surface area is 137 Å². The van der Waals surface area contributed by atoms with Gasteiger partial charge in [0.25, 0.3) is 0 Å². The zero-order valence-electron chi connectivity index (χ0n) is 14.4. The van der Waals surface area contributed by atoms with E-state index in [0.29, 0.717) is 25.9 Å². The van der Waals surface area contributed by atoms with E-state index in [4.69, 9.17) is 9.47 Å². The standard InChI is InChI=1S/C16H28N2O5/c1-16(2,3)23-15(21)18-9-6-5-7-13(18)14(20)17-12(11-19)8-10-22-4/h6,9,12-13,19H,5,7-8,10-11H2,1-4H3,(H,17,20). The molecule has 7 heteroatoms. The van der Waals surface area contributed by atoms with Crippen LogP contribution in [0, 0.1) is 0 Å². The maximum atomic E-state index is 12.5. The highest BCUT2D eigenvalue weighted by molar-refractivity contribution is 5.86. The van der Waals surface area contributed by atoms with Gasteiger partial charge in [-0.05, 0) is 40.0 Å². The lowest BCUT2D eigenvalue weighted by molar-refractivity contribution is -0.127. The summed E-state index contributed by atoms with van der Waals surface area (Å²) in [6.45, 7) is 5.59. The number of carbonyl (C=O) groups is 2. The molecule has 1 rings (SSSR count). The van der Waals surface area contributed by atoms with Gasteiger partial charge < -0.3 is 19.9 Å². The number of amides is 2. The average molecular weight is 328 g/mol. The Kier molecular flexibility index (Phi) is 7.51. The monoisotopic (exact) mass is 328 g/mol. The number of ether oxygens (including phenoxy) is 2. The lowest BCUT2D eigenvalue weighted by Crippen LogP contribution is -2.52. The lowest BCUT2D eigenvalue weighted by Gasteiger charge is -2.33. The van der Waals surface area contributed by atoms with E-state index in [1.807, 2.05) is 6.08 Å². The number of nitrogens with zero attached hydrogens (tertiary/aromatic N) is 1. The Bertz CT molecular complexity index is 431. The fourth-order valence-electron chi connectivity index (χ4n) is 2.21. The van der Waals surface area contributed by atoms with Gasteiger partial charge in [0.1, 0.15) is 11.6 Å². The molecule has 1 heterocycles. The summed E-state index contributed by atoms with van der Waals surface area (Å²) in [7, 11) is 1.56. The Hall–Kier alpha value is -1.60. The molecule has 2 unspecified atom stereocenters. The number of rotatable bonds is 6. The predicted molar refractivity (Wildman–Crippen MR) is 85.7 cm³/mol. The van der Waals surface area contributed by atoms with Crippen molar-refractivity contribution in [1.29, 1.82) is 0 Å². The molecule has 0 aliphatic carbocycles. The molecule has 7 nitrogen and oxygen atoms in total. The predicted octanol–water partition coefficient (Wildman–Crippen LogP) is 1.41. The maximum Gasteiger partial charge on any atom is 0.415 e. The summed E-state index contributed by atoms with van der Waals surface area (Å²) < 4.78 is 10.3. The number of aliphatic hydroxyl groups excluding tert-OH is 1. The molecule has 0 radical (unpaired) electrons. The number of nitrogens with one attached hydrogen (secondary N) is 1. The van der Waals surface area contributed by atoms with Gasteiger partial charge in [-0.25, -0.2) is 4.79 Å². The number of aliphatic hydroxyl groups is 1. The summed E-state index contributed by atoms with van der Waals surface area (Å²) >= 11 is 0. The first kappa shape index (κ1) is 19.4. The van der Waals surface area contributed by atoms with Gasteiger partial charge in [0, 0.05) is 19.9 Å². The van der Waals surface area contributed by atoms with Gasteiger partial charge in [-0.1, -0.05) is 6.08 Å². The minimum Gasteiger partial charge on any atom is -0.443 e. The van der Waals surface area contributed by atoms with Crippen LogP contribution in [0.25, 0.3) is 0 Å². The van der Waals surface area contributed by atoms with Crippen molar-refractivity contribution in [1.82, 2.24) is 10.2 Å². The third-order valence-corrected chi connectivity index (χ3v) is 3.35. The van der Waals surface area contributed by atoms with E-state index in [1.54, 1.807) is 34.1 Å². The Morgan fingerprint density at radius 1 is 1.43 bits per heavy atom. The van der Waals surface area contributed by atoms with Crippen LogP contribution in [0.2, 0.25) is 0 Å². The molecular formula is C16H28N2O5. The van der Waals surface area contributed by atoms with E-state index in [2.05, 4.69) is 5.32 Å². The van der Waals surface area contributed by atoms with Crippen LogP contribution in [0.15, 0.2) is 12.3 Å². The average Bonchev–Trinajstić information content (AvgIpc) is 2.49. The second kappa shape index (κ2) is 8.88. The largest absolute Gasteiger partial charge is 0.443 e. The van der Waals surface area contributed by atoms with Crippen molar-refractivity contribution in [2.24, 2.45) is 0 Å². The van der Waals surface area contributed by atoms with Gasteiger partial charge in [-0.3, -0.25) is 9.69 Å². The summed E-state index contributed by atoms with van der Waals surface area (Å²) in [6, 6.07) is -1.03. The van der Waals surface area contributed by atoms with Gasteiger partial charge in [0.05, 0.1) is 12.6 Å². The first-order chi connectivity index (χ1) is 10.8. The van der Waals surface area contributed by atoms with E-state index in [0.717, 1.165) is 0 Å². The number of hydrogen-bond acceptors (Lipinski definition) is 5. The van der Waals surface area contributed by atoms with E-state index < -0.39 is 23.8 Å². The Balaban J connectivity index is 2.72. The molecule has 0 saturated heterocycles. The molecule has 1 aliphatic rings. The zero-order chi connectivity index (χ0) is 17.5. The van der Waals surface area contributed by atoms with Gasteiger partial charge >= 0.3 is 6.09 Å². The fourth-order valence-corrected chi connectivity index (χ4v) is 2.21. The molecule has 2 N–H and O–H groups in total. The molecule has 0 aromatic carbocycles. The van der Waals surface area contributed by atoms with E-state index >= 15 is 0 Å². The topological polar surface area (TPSA) is 88.1 Å². The number of methoxy groups -OCH3 is 1. The van der Waals surface area contributed by atoms with Crippen molar-refractivity contribution in [2.45, 2.75) is 57.7 Å². The van der Waals surface area contributed by atoms with Crippen LogP contribution in [-0.2, 0) is 14.3 Å². The first-order valence-corrected chi connectivity index (χ1v) is 7.86. The SMILES string of the molecule is COCCC(CO)NC(=O)C1CCC=CN1C(=O)OC(C)(C)C. The summed E-state index contributed by atoms with van der Waals surface area (Å²) in [5, 5.41) is 12.1. The van der Waals surface area contributed by atoms with Crippen LogP contribution < -0.4 is 5.32 Å². The molecular weight excluding hydrogens is 300 g/mol. The normalized spacial score (nSPS) is 19.3. The number of allylic oxidation sites excluding steroid dienone is 1. The Morgan fingerprint density at radius 3 is 2.70 bits per heavy atom. The number of hydrogen-bond donors (Lipinski definition) is 2. The molecule has 0 saturated carbocycles. The third kappa shape index (κ3) is 6.58. The highest BCUT2D eigenvalue weighted by Crippen LogP contribution is 2.19. The Morgan fingerprint density at radius 2 is 2.13 bits per heavy atom. The first-order valence-electron chi connectivity index (χ1n) is 7.86. The molecule has 0 aromatic rings. The highest BCUT2D eigenvalue weighted by Gasteiger charge is 2.33. The molecule has 132 valence electrons. The van der Waals surface area contributed by atoms with Crippen molar-refractivity contribution in [3.8, 4) is 0 Å². The summed E-state index contributed by atoms with van der Waals surface area (Å²) in [4.78, 5) is 26.0. The summed E-state index contributed by atoms with van der Waals surface area (Å²) in [5.41, 5.74) is -0.629. The molecule has 0 bridgehead atoms. The van der Waals surface area contributed by atoms with Crippen LogP contribution in [0.3, 0.4) is 0 Å². The fraction of sp³-hybridized carbons (Fsp3) is 0.750.